The zero-order valence-corrected chi connectivity index (χ0v) is 14.2. The van der Waals surface area contributed by atoms with E-state index < -0.39 is 27.0 Å². The molecule has 0 heterocycles. The Morgan fingerprint density at radius 1 is 1.45 bits per heavy atom. The number of rotatable bonds is 7. The Hall–Kier alpha value is -1.52. The molecule has 1 aromatic carbocycles. The molecular formula is C12H15BrN2O6S. The number of nitro benzene ring substituents is 1. The van der Waals surface area contributed by atoms with Crippen molar-refractivity contribution >= 4 is 37.6 Å². The molecule has 122 valence electrons. The number of carbonyl (C=O) groups is 1. The van der Waals surface area contributed by atoms with E-state index in [0.717, 1.165) is 18.2 Å². The molecule has 22 heavy (non-hydrogen) atoms. The highest BCUT2D eigenvalue weighted by molar-refractivity contribution is 9.10. The van der Waals surface area contributed by atoms with Crippen LogP contribution in [0, 0.1) is 16.0 Å². The molecule has 2 N–H and O–H groups in total. The Labute approximate surface area is 135 Å². The number of nitrogens with one attached hydrogen (secondary N) is 1. The van der Waals surface area contributed by atoms with Gasteiger partial charge in [-0.1, -0.05) is 13.8 Å². The van der Waals surface area contributed by atoms with Gasteiger partial charge in [0.2, 0.25) is 10.0 Å². The van der Waals surface area contributed by atoms with Crippen LogP contribution in [0.3, 0.4) is 0 Å². The Morgan fingerprint density at radius 3 is 2.45 bits per heavy atom. The molecule has 0 amide bonds. The van der Waals surface area contributed by atoms with Gasteiger partial charge in [0.05, 0.1) is 14.3 Å². The number of halogens is 1. The first-order chi connectivity index (χ1) is 10.0. The van der Waals surface area contributed by atoms with Crippen LogP contribution in [-0.2, 0) is 14.8 Å². The van der Waals surface area contributed by atoms with Crippen LogP contribution in [0.25, 0.3) is 0 Å². The molecule has 0 saturated carbocycles. The first-order valence-corrected chi connectivity index (χ1v) is 8.51. The van der Waals surface area contributed by atoms with Gasteiger partial charge in [-0.15, -0.1) is 0 Å². The molecule has 0 aliphatic heterocycles. The number of sulfonamides is 1. The smallest absolute Gasteiger partial charge is 0.321 e. The van der Waals surface area contributed by atoms with E-state index in [1.54, 1.807) is 13.8 Å². The number of aliphatic carboxylic acids is 1. The van der Waals surface area contributed by atoms with Crippen LogP contribution in [0.4, 0.5) is 5.69 Å². The fourth-order valence-corrected chi connectivity index (χ4v) is 3.63. The summed E-state index contributed by atoms with van der Waals surface area (Å²) in [4.78, 5) is 20.9. The number of nitro groups is 1. The summed E-state index contributed by atoms with van der Waals surface area (Å²) >= 11 is 2.93. The SMILES string of the molecule is CC(C)CC(NS(=O)(=O)c1ccc([N+](=O)[O-])c(Br)c1)C(=O)O. The predicted octanol–water partition coefficient (Wildman–Crippen LogP) is 2.13. The molecular weight excluding hydrogens is 380 g/mol. The van der Waals surface area contributed by atoms with Crippen molar-refractivity contribution in [2.75, 3.05) is 0 Å². The minimum atomic E-state index is -4.10. The maximum absolute atomic E-state index is 12.2. The van der Waals surface area contributed by atoms with Crippen LogP contribution < -0.4 is 4.72 Å². The number of carboxylic acids is 1. The third kappa shape index (κ3) is 4.75. The largest absolute Gasteiger partial charge is 0.480 e. The molecule has 1 atom stereocenters. The fraction of sp³-hybridized carbons (Fsp3) is 0.417. The monoisotopic (exact) mass is 394 g/mol. The van der Waals surface area contributed by atoms with Crippen LogP contribution in [0.1, 0.15) is 20.3 Å². The van der Waals surface area contributed by atoms with Crippen LogP contribution in [-0.4, -0.2) is 30.5 Å². The lowest BCUT2D eigenvalue weighted by Crippen LogP contribution is -2.41. The normalized spacial score (nSPS) is 13.1. The minimum absolute atomic E-state index is 0.00360. The molecule has 8 nitrogen and oxygen atoms in total. The van der Waals surface area contributed by atoms with Crippen molar-refractivity contribution < 1.29 is 23.2 Å². The van der Waals surface area contributed by atoms with E-state index in [9.17, 15) is 23.3 Å². The zero-order chi connectivity index (χ0) is 17.1. The summed E-state index contributed by atoms with van der Waals surface area (Å²) in [5.41, 5.74) is -0.282. The van der Waals surface area contributed by atoms with E-state index in [-0.39, 0.29) is 27.4 Å². The van der Waals surface area contributed by atoms with Crippen LogP contribution in [0.15, 0.2) is 27.6 Å². The highest BCUT2D eigenvalue weighted by Crippen LogP contribution is 2.27. The average molecular weight is 395 g/mol. The topological polar surface area (TPSA) is 127 Å². The van der Waals surface area contributed by atoms with E-state index in [2.05, 4.69) is 20.7 Å². The van der Waals surface area contributed by atoms with Gasteiger partial charge < -0.3 is 5.11 Å². The summed E-state index contributed by atoms with van der Waals surface area (Å²) in [6.45, 7) is 3.54. The van der Waals surface area contributed by atoms with E-state index >= 15 is 0 Å². The van der Waals surface area contributed by atoms with Crippen molar-refractivity contribution in [3.05, 3.63) is 32.8 Å². The van der Waals surface area contributed by atoms with Gasteiger partial charge in [-0.25, -0.2) is 8.42 Å². The summed E-state index contributed by atoms with van der Waals surface area (Å²) < 4.78 is 26.5. The molecule has 0 spiro atoms. The summed E-state index contributed by atoms with van der Waals surface area (Å²) in [5.74, 6) is -1.30. The molecule has 0 aliphatic rings. The van der Waals surface area contributed by atoms with E-state index in [0.29, 0.717) is 0 Å². The molecule has 1 rings (SSSR count). The van der Waals surface area contributed by atoms with Crippen LogP contribution in [0.2, 0.25) is 0 Å². The van der Waals surface area contributed by atoms with Crippen LogP contribution >= 0.6 is 15.9 Å². The van der Waals surface area contributed by atoms with Gasteiger partial charge >= 0.3 is 5.97 Å². The molecule has 0 saturated heterocycles. The molecule has 0 aromatic heterocycles. The van der Waals surface area contributed by atoms with Gasteiger partial charge in [0, 0.05) is 6.07 Å². The second-order valence-corrected chi connectivity index (χ2v) is 7.58. The average Bonchev–Trinajstić information content (AvgIpc) is 2.36. The lowest BCUT2D eigenvalue weighted by atomic mass is 10.1. The number of carboxylic acid groups (broad SMARTS) is 1. The van der Waals surface area contributed by atoms with Crippen molar-refractivity contribution in [2.45, 2.75) is 31.2 Å². The lowest BCUT2D eigenvalue weighted by molar-refractivity contribution is -0.385. The summed E-state index contributed by atoms with van der Waals surface area (Å²) in [5, 5.41) is 19.8. The molecule has 0 bridgehead atoms. The van der Waals surface area contributed by atoms with Gasteiger partial charge in [0.1, 0.15) is 6.04 Å². The van der Waals surface area contributed by atoms with Crippen molar-refractivity contribution in [3.63, 3.8) is 0 Å². The first kappa shape index (κ1) is 18.5. The van der Waals surface area contributed by atoms with Gasteiger partial charge in [-0.2, -0.15) is 4.72 Å². The first-order valence-electron chi connectivity index (χ1n) is 6.23. The lowest BCUT2D eigenvalue weighted by Gasteiger charge is -2.16. The van der Waals surface area contributed by atoms with Gasteiger partial charge in [0.15, 0.2) is 0 Å². The third-order valence-electron chi connectivity index (χ3n) is 2.73. The van der Waals surface area contributed by atoms with E-state index in [4.69, 9.17) is 5.11 Å². The van der Waals surface area contributed by atoms with Crippen LogP contribution in [0.5, 0.6) is 0 Å². The second-order valence-electron chi connectivity index (χ2n) is 5.01. The molecule has 10 heteroatoms. The summed E-state index contributed by atoms with van der Waals surface area (Å²) in [7, 11) is -4.10. The quantitative estimate of drug-likeness (QED) is 0.538. The molecule has 0 fully saturated rings. The van der Waals surface area contributed by atoms with E-state index in [1.165, 1.54) is 0 Å². The maximum atomic E-state index is 12.2. The predicted molar refractivity (Wildman–Crippen MR) is 82.0 cm³/mol. The zero-order valence-electron chi connectivity index (χ0n) is 11.8. The fourth-order valence-electron chi connectivity index (χ4n) is 1.73. The highest BCUT2D eigenvalue weighted by atomic mass is 79.9. The second kappa shape index (κ2) is 7.16. The summed E-state index contributed by atoms with van der Waals surface area (Å²) in [6, 6.07) is 1.89. The van der Waals surface area contributed by atoms with Crippen molar-refractivity contribution in [1.29, 1.82) is 0 Å². The number of hydrogen-bond donors (Lipinski definition) is 2. The Morgan fingerprint density at radius 2 is 2.05 bits per heavy atom. The van der Waals surface area contributed by atoms with Gasteiger partial charge in [-0.3, -0.25) is 14.9 Å². The van der Waals surface area contributed by atoms with Crippen molar-refractivity contribution in [1.82, 2.24) is 4.72 Å². The molecule has 0 aliphatic carbocycles. The Balaban J connectivity index is 3.10. The van der Waals surface area contributed by atoms with Gasteiger partial charge in [-0.05, 0) is 40.4 Å². The summed E-state index contributed by atoms with van der Waals surface area (Å²) in [6.07, 6.45) is 0.128. The number of nitrogens with zero attached hydrogens (tertiary/aromatic N) is 1. The molecule has 1 aromatic rings. The number of hydrogen-bond acceptors (Lipinski definition) is 5. The van der Waals surface area contributed by atoms with Crippen molar-refractivity contribution in [2.24, 2.45) is 5.92 Å². The molecule has 0 radical (unpaired) electrons. The van der Waals surface area contributed by atoms with E-state index in [1.807, 2.05) is 0 Å². The van der Waals surface area contributed by atoms with Gasteiger partial charge in [0.25, 0.3) is 5.69 Å². The third-order valence-corrected chi connectivity index (χ3v) is 4.83. The highest BCUT2D eigenvalue weighted by Gasteiger charge is 2.27. The minimum Gasteiger partial charge on any atom is -0.480 e. The Bertz CT molecular complexity index is 689. The standard InChI is InChI=1S/C12H15BrN2O6S/c1-7(2)5-10(12(16)17)14-22(20,21)8-3-4-11(15(18)19)9(13)6-8/h3-4,6-7,10,14H,5H2,1-2H3,(H,16,17). The number of benzene rings is 1. The Kier molecular flexibility index (Phi) is 6.03. The maximum Gasteiger partial charge on any atom is 0.321 e. The van der Waals surface area contributed by atoms with Crippen molar-refractivity contribution in [3.8, 4) is 0 Å². The molecule has 1 unspecified atom stereocenters.